The second-order valence-corrected chi connectivity index (χ2v) is 12.6. The van der Waals surface area contributed by atoms with Crippen molar-refractivity contribution in [2.45, 2.75) is 49.5 Å². The van der Waals surface area contributed by atoms with Crippen LogP contribution < -0.4 is 0 Å². The van der Waals surface area contributed by atoms with Gasteiger partial charge in [0.15, 0.2) is 6.29 Å². The number of nitrogens with zero attached hydrogens (tertiary/aromatic N) is 2. The van der Waals surface area contributed by atoms with Crippen LogP contribution in [0.1, 0.15) is 48.9 Å². The molecule has 0 radical (unpaired) electrons. The van der Waals surface area contributed by atoms with Crippen molar-refractivity contribution < 1.29 is 22.7 Å². The topological polar surface area (TPSA) is 109 Å². The second kappa shape index (κ2) is 10.7. The number of benzene rings is 2. The van der Waals surface area contributed by atoms with Crippen molar-refractivity contribution in [3.05, 3.63) is 54.1 Å². The lowest BCUT2D eigenvalue weighted by atomic mass is 9.81. The third-order valence-electron chi connectivity index (χ3n) is 8.43. The lowest BCUT2D eigenvalue weighted by molar-refractivity contribution is -0.146. The van der Waals surface area contributed by atoms with Gasteiger partial charge in [-0.1, -0.05) is 36.4 Å². The van der Waals surface area contributed by atoms with Crippen LogP contribution in [-0.2, 0) is 19.6 Å². The second-order valence-electron chi connectivity index (χ2n) is 11.0. The van der Waals surface area contributed by atoms with Gasteiger partial charge in [-0.15, -0.1) is 0 Å². The van der Waals surface area contributed by atoms with E-state index >= 15 is 0 Å². The summed E-state index contributed by atoms with van der Waals surface area (Å²) in [5, 5.41) is 0.666. The fourth-order valence-electron chi connectivity index (χ4n) is 6.06. The Morgan fingerprint density at radius 1 is 1.03 bits per heavy atom. The van der Waals surface area contributed by atoms with E-state index in [-0.39, 0.29) is 28.7 Å². The Morgan fingerprint density at radius 3 is 2.51 bits per heavy atom. The molecule has 0 unspecified atom stereocenters. The number of amides is 1. The van der Waals surface area contributed by atoms with Gasteiger partial charge in [-0.25, -0.2) is 0 Å². The zero-order valence-electron chi connectivity index (χ0n) is 21.8. The minimum Gasteiger partial charge on any atom is -0.377 e. The SMILES string of the molecule is O=Cc1c(-c2ccccc2)[nH]c2cc(S(=O)(=O)/N=C/C3CCC(C(=O)N4CCOC[C@@H]4C4CC4)CC3)ccc12. The first-order valence-electron chi connectivity index (χ1n) is 13.8. The summed E-state index contributed by atoms with van der Waals surface area (Å²) in [6, 6.07) is 14.4. The molecule has 0 bridgehead atoms. The number of aromatic nitrogens is 1. The Balaban J connectivity index is 1.13. The van der Waals surface area contributed by atoms with Gasteiger partial charge >= 0.3 is 0 Å². The predicted molar refractivity (Wildman–Crippen MR) is 149 cm³/mol. The molecule has 8 nitrogen and oxygen atoms in total. The van der Waals surface area contributed by atoms with Crippen molar-refractivity contribution in [1.82, 2.24) is 9.88 Å². The number of carbonyl (C=O) groups excluding carboxylic acids is 2. The van der Waals surface area contributed by atoms with Crippen LogP contribution in [0.2, 0.25) is 0 Å². The number of hydrogen-bond donors (Lipinski definition) is 1. The highest BCUT2D eigenvalue weighted by atomic mass is 32.2. The fraction of sp³-hybridized carbons (Fsp3) is 0.433. The maximum Gasteiger partial charge on any atom is 0.282 e. The van der Waals surface area contributed by atoms with E-state index in [0.717, 1.165) is 37.5 Å². The van der Waals surface area contributed by atoms with Crippen molar-refractivity contribution in [2.24, 2.45) is 22.2 Å². The van der Waals surface area contributed by atoms with E-state index in [0.29, 0.717) is 47.8 Å². The van der Waals surface area contributed by atoms with Crippen LogP contribution >= 0.6 is 0 Å². The fourth-order valence-corrected chi connectivity index (χ4v) is 7.02. The van der Waals surface area contributed by atoms with Crippen molar-refractivity contribution in [2.75, 3.05) is 19.8 Å². The first-order chi connectivity index (χ1) is 18.9. The number of sulfonamides is 1. The van der Waals surface area contributed by atoms with Gasteiger partial charge in [-0.05, 0) is 68.1 Å². The monoisotopic (exact) mass is 547 g/mol. The van der Waals surface area contributed by atoms with E-state index in [1.807, 2.05) is 30.3 Å². The number of aromatic amines is 1. The Kier molecular flexibility index (Phi) is 7.12. The van der Waals surface area contributed by atoms with E-state index in [1.54, 1.807) is 12.3 Å². The predicted octanol–water partition coefficient (Wildman–Crippen LogP) is 4.85. The summed E-state index contributed by atoms with van der Waals surface area (Å²) in [5.74, 6) is 0.838. The number of rotatable bonds is 7. The van der Waals surface area contributed by atoms with Gasteiger partial charge in [0.05, 0.1) is 29.8 Å². The number of aldehydes is 1. The van der Waals surface area contributed by atoms with Gasteiger partial charge in [0.1, 0.15) is 0 Å². The van der Waals surface area contributed by atoms with E-state index in [4.69, 9.17) is 4.74 Å². The average Bonchev–Trinajstić information content (AvgIpc) is 3.76. The first kappa shape index (κ1) is 26.0. The molecule has 2 aromatic carbocycles. The molecule has 0 spiro atoms. The van der Waals surface area contributed by atoms with Crippen molar-refractivity contribution >= 4 is 39.3 Å². The first-order valence-corrected chi connectivity index (χ1v) is 15.2. The number of ether oxygens (including phenoxy) is 1. The number of hydrogen-bond acceptors (Lipinski definition) is 5. The lowest BCUT2D eigenvalue weighted by Crippen LogP contribution is -2.52. The summed E-state index contributed by atoms with van der Waals surface area (Å²) >= 11 is 0. The third-order valence-corrected chi connectivity index (χ3v) is 9.68. The Hall–Kier alpha value is -3.30. The number of nitrogens with one attached hydrogen (secondary N) is 1. The average molecular weight is 548 g/mol. The van der Waals surface area contributed by atoms with Crippen molar-refractivity contribution in [3.63, 3.8) is 0 Å². The highest BCUT2D eigenvalue weighted by Gasteiger charge is 2.41. The molecule has 6 rings (SSSR count). The highest BCUT2D eigenvalue weighted by molar-refractivity contribution is 7.90. The Bertz CT molecular complexity index is 1500. The number of morpholine rings is 1. The zero-order valence-corrected chi connectivity index (χ0v) is 22.6. The molecule has 1 saturated heterocycles. The van der Waals surface area contributed by atoms with Crippen LogP contribution in [0.15, 0.2) is 57.8 Å². The molecule has 39 heavy (non-hydrogen) atoms. The number of fused-ring (bicyclic) bond motifs is 1. The van der Waals surface area contributed by atoms with Crippen LogP contribution in [0, 0.1) is 17.8 Å². The van der Waals surface area contributed by atoms with Crippen LogP contribution in [-0.4, -0.2) is 62.5 Å². The minimum absolute atomic E-state index is 0.00767. The lowest BCUT2D eigenvalue weighted by Gasteiger charge is -2.39. The van der Waals surface area contributed by atoms with Gasteiger partial charge in [-0.3, -0.25) is 9.59 Å². The molecule has 2 aliphatic carbocycles. The van der Waals surface area contributed by atoms with Gasteiger partial charge in [0.2, 0.25) is 5.91 Å². The number of carbonyl (C=O) groups is 2. The highest BCUT2D eigenvalue weighted by Crippen LogP contribution is 2.38. The van der Waals surface area contributed by atoms with E-state index in [9.17, 15) is 18.0 Å². The van der Waals surface area contributed by atoms with Crippen molar-refractivity contribution in [1.29, 1.82) is 0 Å². The Labute approximate surface area is 228 Å². The van der Waals surface area contributed by atoms with Crippen molar-refractivity contribution in [3.8, 4) is 11.3 Å². The molecule has 2 heterocycles. The maximum atomic E-state index is 13.3. The minimum atomic E-state index is -3.91. The molecule has 1 atom stereocenters. The Morgan fingerprint density at radius 2 is 1.79 bits per heavy atom. The molecule has 204 valence electrons. The van der Waals surface area contributed by atoms with E-state index in [2.05, 4.69) is 14.3 Å². The molecule has 1 aromatic heterocycles. The number of H-pyrrole nitrogens is 1. The van der Waals surface area contributed by atoms with Crippen LogP contribution in [0.25, 0.3) is 22.2 Å². The van der Waals surface area contributed by atoms with E-state index < -0.39 is 10.0 Å². The maximum absolute atomic E-state index is 13.3. The van der Waals surface area contributed by atoms with Crippen LogP contribution in [0.5, 0.6) is 0 Å². The quantitative estimate of drug-likeness (QED) is 0.336. The largest absolute Gasteiger partial charge is 0.377 e. The third kappa shape index (κ3) is 5.30. The smallest absolute Gasteiger partial charge is 0.282 e. The molecule has 3 aliphatic rings. The summed E-state index contributed by atoms with van der Waals surface area (Å²) < 4.78 is 35.8. The summed E-state index contributed by atoms with van der Waals surface area (Å²) in [5.41, 5.74) is 2.57. The summed E-state index contributed by atoms with van der Waals surface area (Å²) in [4.78, 5) is 30.5. The van der Waals surface area contributed by atoms with Gasteiger partial charge < -0.3 is 14.6 Å². The molecule has 3 fully saturated rings. The molecule has 1 N–H and O–H groups in total. The molecular weight excluding hydrogens is 514 g/mol. The summed E-state index contributed by atoms with van der Waals surface area (Å²) in [6.07, 6.45) is 7.67. The molecule has 1 aliphatic heterocycles. The van der Waals surface area contributed by atoms with Crippen LogP contribution in [0.4, 0.5) is 0 Å². The summed E-state index contributed by atoms with van der Waals surface area (Å²) in [6.45, 7) is 1.92. The molecule has 3 aromatic rings. The van der Waals surface area contributed by atoms with Crippen LogP contribution in [0.3, 0.4) is 0 Å². The molecule has 1 amide bonds. The summed E-state index contributed by atoms with van der Waals surface area (Å²) in [7, 11) is -3.91. The van der Waals surface area contributed by atoms with Gasteiger partial charge in [0.25, 0.3) is 10.0 Å². The molecular formula is C30H33N3O5S. The molecule has 9 heteroatoms. The van der Waals surface area contributed by atoms with Gasteiger partial charge in [-0.2, -0.15) is 12.8 Å². The molecule has 2 saturated carbocycles. The normalized spacial score (nSPS) is 24.3. The standard InChI is InChI=1S/C30H33N3O5S/c34-18-26-25-13-12-24(16-27(25)32-29(26)22-4-2-1-3-5-22)39(36,37)31-17-20-6-8-23(9-7-20)30(35)33-14-15-38-19-28(33)21-10-11-21/h1-5,12-13,16-18,20-21,23,28,32H,6-11,14-15,19H2/b31-17+/t20?,23?,28-/m1/s1. The van der Waals surface area contributed by atoms with E-state index in [1.165, 1.54) is 25.0 Å². The van der Waals surface area contributed by atoms with Gasteiger partial charge in [0, 0.05) is 35.1 Å². The zero-order chi connectivity index (χ0) is 27.0.